The van der Waals surface area contributed by atoms with E-state index in [9.17, 15) is 4.79 Å². The van der Waals surface area contributed by atoms with E-state index in [1.54, 1.807) is 12.3 Å². The van der Waals surface area contributed by atoms with E-state index in [1.807, 2.05) is 37.3 Å². The quantitative estimate of drug-likeness (QED) is 0.330. The number of rotatable bonds is 6. The third-order valence-corrected chi connectivity index (χ3v) is 8.21. The molecule has 0 atom stereocenters. The Morgan fingerprint density at radius 2 is 1.71 bits per heavy atom. The van der Waals surface area contributed by atoms with Gasteiger partial charge in [0.05, 0.1) is 11.2 Å². The lowest BCUT2D eigenvalue weighted by molar-refractivity contribution is -0.0276. The number of nitrogens with zero attached hydrogens (tertiary/aromatic N) is 7. The average Bonchev–Trinajstić information content (AvgIpc) is 2.98. The van der Waals surface area contributed by atoms with Crippen LogP contribution in [0.3, 0.4) is 0 Å². The molecule has 0 aliphatic carbocycles. The minimum absolute atomic E-state index is 0.212. The fraction of sp³-hybridized carbons (Fsp3) is 0.212. The summed E-state index contributed by atoms with van der Waals surface area (Å²) in [5.41, 5.74) is 12.6. The third kappa shape index (κ3) is 4.62. The molecular formula is C33H28N8O. The van der Waals surface area contributed by atoms with Crippen LogP contribution in [0.2, 0.25) is 0 Å². The predicted octanol–water partition coefficient (Wildman–Crippen LogP) is 4.36. The number of primary amides is 1. The van der Waals surface area contributed by atoms with E-state index < -0.39 is 5.91 Å². The van der Waals surface area contributed by atoms with Gasteiger partial charge in [0.15, 0.2) is 0 Å². The van der Waals surface area contributed by atoms with E-state index in [-0.39, 0.29) is 11.5 Å². The molecule has 3 aromatic heterocycles. The van der Waals surface area contributed by atoms with Crippen molar-refractivity contribution in [1.82, 2.24) is 24.8 Å². The molecule has 0 saturated carbocycles. The molecule has 9 heteroatoms. The second-order valence-corrected chi connectivity index (χ2v) is 11.3. The smallest absolute Gasteiger partial charge is 0.267 e. The summed E-state index contributed by atoms with van der Waals surface area (Å²) in [6.45, 7) is 6.75. The lowest BCUT2D eigenvalue weighted by Gasteiger charge is -2.60. The second kappa shape index (κ2) is 10.0. The van der Waals surface area contributed by atoms with Crippen LogP contribution in [-0.4, -0.2) is 56.9 Å². The maximum atomic E-state index is 11.9. The summed E-state index contributed by atoms with van der Waals surface area (Å²) >= 11 is 0. The minimum Gasteiger partial charge on any atom is -0.364 e. The van der Waals surface area contributed by atoms with Gasteiger partial charge in [0.1, 0.15) is 17.6 Å². The molecule has 2 aromatic carbocycles. The number of pyridine rings is 2. The van der Waals surface area contributed by atoms with Crippen LogP contribution in [0.5, 0.6) is 0 Å². The number of aromatic nitrogens is 4. The van der Waals surface area contributed by atoms with E-state index in [4.69, 9.17) is 16.0 Å². The lowest BCUT2D eigenvalue weighted by atomic mass is 9.72. The van der Waals surface area contributed by atoms with Crippen LogP contribution in [0, 0.1) is 23.7 Å². The number of hydrogen-bond acceptors (Lipinski definition) is 8. The molecule has 206 valence electrons. The van der Waals surface area contributed by atoms with Crippen LogP contribution in [0.25, 0.3) is 33.3 Å². The highest BCUT2D eigenvalue weighted by molar-refractivity contribution is 5.98. The summed E-state index contributed by atoms with van der Waals surface area (Å²) < 4.78 is 0. The molecule has 2 N–H and O–H groups in total. The Kier molecular flexibility index (Phi) is 6.14. The van der Waals surface area contributed by atoms with Gasteiger partial charge in [0.25, 0.3) is 5.91 Å². The first-order valence-electron chi connectivity index (χ1n) is 13.9. The Balaban J connectivity index is 1.09. The van der Waals surface area contributed by atoms with Gasteiger partial charge in [-0.05, 0) is 36.2 Å². The number of benzene rings is 2. The van der Waals surface area contributed by atoms with Gasteiger partial charge >= 0.3 is 0 Å². The molecule has 1 amide bonds. The van der Waals surface area contributed by atoms with Gasteiger partial charge in [-0.2, -0.15) is 5.26 Å². The van der Waals surface area contributed by atoms with Gasteiger partial charge in [-0.3, -0.25) is 9.69 Å². The Morgan fingerprint density at radius 3 is 2.43 bits per heavy atom. The molecule has 5 heterocycles. The normalized spacial score (nSPS) is 15.7. The van der Waals surface area contributed by atoms with Gasteiger partial charge in [-0.15, -0.1) is 0 Å². The van der Waals surface area contributed by atoms with Crippen molar-refractivity contribution in [1.29, 1.82) is 5.26 Å². The van der Waals surface area contributed by atoms with Crippen molar-refractivity contribution in [3.8, 4) is 28.5 Å². The van der Waals surface area contributed by atoms with Crippen LogP contribution in [-0.2, 0) is 6.54 Å². The molecule has 0 unspecified atom stereocenters. The molecular weight excluding hydrogens is 524 g/mol. The summed E-state index contributed by atoms with van der Waals surface area (Å²) in [7, 11) is 0. The SMILES string of the molecule is Cc1nc(C(N)=O)cc2nc(-c3ccc(CN4CC5(C4)CN(c4ccnc(C#N)n4)C5)cc3)c(-c3ccccc3)cc12. The van der Waals surface area contributed by atoms with Crippen molar-refractivity contribution in [3.05, 3.63) is 102 Å². The Hall–Kier alpha value is -5.20. The highest BCUT2D eigenvalue weighted by Gasteiger charge is 2.51. The Morgan fingerprint density at radius 1 is 0.952 bits per heavy atom. The van der Waals surface area contributed by atoms with Crippen LogP contribution in [0.1, 0.15) is 27.6 Å². The minimum atomic E-state index is -0.565. The molecule has 1 spiro atoms. The number of hydrogen-bond donors (Lipinski definition) is 1. The maximum Gasteiger partial charge on any atom is 0.267 e. The highest BCUT2D eigenvalue weighted by Crippen LogP contribution is 2.42. The number of likely N-dealkylation sites (tertiary alicyclic amines) is 1. The van der Waals surface area contributed by atoms with Gasteiger partial charge in [-0.1, -0.05) is 54.6 Å². The second-order valence-electron chi connectivity index (χ2n) is 11.3. The largest absolute Gasteiger partial charge is 0.364 e. The monoisotopic (exact) mass is 552 g/mol. The van der Waals surface area contributed by atoms with Crippen LogP contribution in [0.4, 0.5) is 5.82 Å². The third-order valence-electron chi connectivity index (χ3n) is 8.21. The van der Waals surface area contributed by atoms with Gasteiger partial charge in [0, 0.05) is 66.5 Å². The Labute approximate surface area is 243 Å². The summed E-state index contributed by atoms with van der Waals surface area (Å²) in [6, 6.07) is 26.5. The fourth-order valence-corrected chi connectivity index (χ4v) is 6.26. The van der Waals surface area contributed by atoms with Crippen molar-refractivity contribution >= 4 is 22.6 Å². The standard InChI is InChI=1S/C33H28N8O/c1-21-25-13-26(23-5-3-2-4-6-23)31(38-27(25)14-28(37-21)32(35)42)24-9-7-22(8-10-24)16-40-17-33(18-40)19-41(20-33)30-11-12-36-29(15-34)39-30/h2-14H,16-20H2,1H3,(H2,35,42). The first kappa shape index (κ1) is 25.7. The van der Waals surface area contributed by atoms with Crippen molar-refractivity contribution < 1.29 is 4.79 Å². The molecule has 2 fully saturated rings. The average molecular weight is 553 g/mol. The first-order chi connectivity index (χ1) is 20.4. The number of aryl methyl sites for hydroxylation is 1. The number of carbonyl (C=O) groups is 1. The highest BCUT2D eigenvalue weighted by atomic mass is 16.1. The first-order valence-corrected chi connectivity index (χ1v) is 13.9. The summed E-state index contributed by atoms with van der Waals surface area (Å²) in [5, 5.41) is 9.97. The maximum absolute atomic E-state index is 11.9. The van der Waals surface area contributed by atoms with E-state index in [2.05, 4.69) is 67.2 Å². The number of nitrogens with two attached hydrogens (primary N) is 1. The van der Waals surface area contributed by atoms with E-state index in [0.717, 1.165) is 72.0 Å². The fourth-order valence-electron chi connectivity index (χ4n) is 6.26. The number of anilines is 1. The van der Waals surface area contributed by atoms with Gasteiger partial charge < -0.3 is 10.6 Å². The molecule has 42 heavy (non-hydrogen) atoms. The van der Waals surface area contributed by atoms with E-state index >= 15 is 0 Å². The van der Waals surface area contributed by atoms with E-state index in [0.29, 0.717) is 10.9 Å². The molecule has 5 aromatic rings. The Bertz CT molecular complexity index is 1870. The molecule has 2 aliphatic rings. The van der Waals surface area contributed by atoms with E-state index in [1.165, 1.54) is 5.56 Å². The number of carbonyl (C=O) groups excluding carboxylic acids is 1. The van der Waals surface area contributed by atoms with Crippen molar-refractivity contribution in [2.75, 3.05) is 31.1 Å². The zero-order valence-corrected chi connectivity index (χ0v) is 23.2. The van der Waals surface area contributed by atoms with Crippen LogP contribution < -0.4 is 10.6 Å². The van der Waals surface area contributed by atoms with Crippen LogP contribution in [0.15, 0.2) is 79.0 Å². The van der Waals surface area contributed by atoms with Crippen molar-refractivity contribution in [2.45, 2.75) is 13.5 Å². The molecule has 0 bridgehead atoms. The molecule has 2 aliphatic heterocycles. The van der Waals surface area contributed by atoms with Crippen molar-refractivity contribution in [2.24, 2.45) is 11.1 Å². The zero-order chi connectivity index (χ0) is 28.8. The summed E-state index contributed by atoms with van der Waals surface area (Å²) in [4.78, 5) is 34.3. The van der Waals surface area contributed by atoms with Gasteiger partial charge in [-0.25, -0.2) is 19.9 Å². The molecule has 7 rings (SSSR count). The number of nitriles is 1. The van der Waals surface area contributed by atoms with Gasteiger partial charge in [0.2, 0.25) is 5.82 Å². The predicted molar refractivity (Wildman–Crippen MR) is 160 cm³/mol. The lowest BCUT2D eigenvalue weighted by Crippen LogP contribution is -2.72. The number of fused-ring (bicyclic) bond motifs is 1. The summed E-state index contributed by atoms with van der Waals surface area (Å²) in [5.74, 6) is 0.476. The topological polar surface area (TPSA) is 125 Å². The summed E-state index contributed by atoms with van der Waals surface area (Å²) in [6.07, 6.45) is 1.65. The molecule has 2 saturated heterocycles. The molecule has 0 radical (unpaired) electrons. The zero-order valence-electron chi connectivity index (χ0n) is 23.2. The van der Waals surface area contributed by atoms with Crippen LogP contribution >= 0.6 is 0 Å². The molecule has 9 nitrogen and oxygen atoms in total. The van der Waals surface area contributed by atoms with Crippen molar-refractivity contribution in [3.63, 3.8) is 0 Å². The number of amides is 1.